The van der Waals surface area contributed by atoms with Crippen molar-refractivity contribution >= 4 is 11.7 Å². The van der Waals surface area contributed by atoms with E-state index in [0.29, 0.717) is 17.0 Å². The Balaban J connectivity index is 2.83. The van der Waals surface area contributed by atoms with Crippen LogP contribution in [0.5, 0.6) is 0 Å². The summed E-state index contributed by atoms with van der Waals surface area (Å²) < 4.78 is 0. The first kappa shape index (κ1) is 15.0. The van der Waals surface area contributed by atoms with Crippen LogP contribution < -0.4 is 11.1 Å². The number of amides is 1. The quantitative estimate of drug-likeness (QED) is 0.328. The maximum atomic E-state index is 12.1. The number of nitrogens with two attached hydrogens (primary N) is 1. The molecule has 5 heteroatoms. The minimum Gasteiger partial charge on any atom is -0.409 e. The Labute approximate surface area is 113 Å². The van der Waals surface area contributed by atoms with Gasteiger partial charge in [0, 0.05) is 17.2 Å². The highest BCUT2D eigenvalue weighted by atomic mass is 16.4. The van der Waals surface area contributed by atoms with Crippen molar-refractivity contribution in [2.24, 2.45) is 16.8 Å². The van der Waals surface area contributed by atoms with Crippen LogP contribution in [0.15, 0.2) is 29.4 Å². The predicted octanol–water partition coefficient (Wildman–Crippen LogP) is 1.95. The Morgan fingerprint density at radius 1 is 1.42 bits per heavy atom. The Bertz CT molecular complexity index is 472. The van der Waals surface area contributed by atoms with Crippen LogP contribution >= 0.6 is 0 Å². The molecule has 0 aliphatic carbocycles. The van der Waals surface area contributed by atoms with Crippen molar-refractivity contribution in [2.45, 2.75) is 33.2 Å². The lowest BCUT2D eigenvalue weighted by Crippen LogP contribution is -2.37. The van der Waals surface area contributed by atoms with Crippen LogP contribution in [0.1, 0.15) is 43.1 Å². The molecule has 19 heavy (non-hydrogen) atoms. The van der Waals surface area contributed by atoms with Gasteiger partial charge in [0.15, 0.2) is 5.84 Å². The molecule has 0 fully saturated rings. The van der Waals surface area contributed by atoms with E-state index < -0.39 is 0 Å². The second kappa shape index (κ2) is 6.78. The molecule has 4 N–H and O–H groups in total. The van der Waals surface area contributed by atoms with Crippen molar-refractivity contribution in [3.8, 4) is 0 Å². The summed E-state index contributed by atoms with van der Waals surface area (Å²) in [5.41, 5.74) is 6.52. The monoisotopic (exact) mass is 263 g/mol. The van der Waals surface area contributed by atoms with Crippen LogP contribution in [0.4, 0.5) is 0 Å². The van der Waals surface area contributed by atoms with Crippen LogP contribution in [0.3, 0.4) is 0 Å². The summed E-state index contributed by atoms with van der Waals surface area (Å²) in [6, 6.07) is 6.80. The molecular weight excluding hydrogens is 242 g/mol. The van der Waals surface area contributed by atoms with Gasteiger partial charge in [-0.3, -0.25) is 4.79 Å². The van der Waals surface area contributed by atoms with Gasteiger partial charge in [-0.05, 0) is 25.0 Å². The van der Waals surface area contributed by atoms with Crippen molar-refractivity contribution in [3.05, 3.63) is 35.4 Å². The number of nitrogens with one attached hydrogen (secondary N) is 1. The van der Waals surface area contributed by atoms with E-state index in [4.69, 9.17) is 10.9 Å². The van der Waals surface area contributed by atoms with Crippen LogP contribution in [0.25, 0.3) is 0 Å². The number of amidine groups is 1. The lowest BCUT2D eigenvalue weighted by molar-refractivity contribution is 0.0928. The van der Waals surface area contributed by atoms with Crippen LogP contribution in [0, 0.1) is 5.92 Å². The summed E-state index contributed by atoms with van der Waals surface area (Å²) in [6.45, 7) is 6.17. The SMILES string of the molecule is CCC(C)C(C)NC(=O)c1cccc(C(N)=NO)c1. The highest BCUT2D eigenvalue weighted by Gasteiger charge is 2.14. The van der Waals surface area contributed by atoms with Gasteiger partial charge in [-0.1, -0.05) is 37.6 Å². The average molecular weight is 263 g/mol. The van der Waals surface area contributed by atoms with E-state index in [1.54, 1.807) is 24.3 Å². The van der Waals surface area contributed by atoms with Gasteiger partial charge in [0.1, 0.15) is 0 Å². The summed E-state index contributed by atoms with van der Waals surface area (Å²) >= 11 is 0. The van der Waals surface area contributed by atoms with Crippen molar-refractivity contribution in [1.29, 1.82) is 0 Å². The maximum Gasteiger partial charge on any atom is 0.251 e. The largest absolute Gasteiger partial charge is 0.409 e. The number of nitrogens with zero attached hydrogens (tertiary/aromatic N) is 1. The summed E-state index contributed by atoms with van der Waals surface area (Å²) in [5, 5.41) is 14.5. The van der Waals surface area contributed by atoms with E-state index in [0.717, 1.165) is 6.42 Å². The van der Waals surface area contributed by atoms with Gasteiger partial charge in [-0.2, -0.15) is 0 Å². The predicted molar refractivity (Wildman–Crippen MR) is 75.3 cm³/mol. The minimum atomic E-state index is -0.152. The molecule has 0 heterocycles. The topological polar surface area (TPSA) is 87.7 Å². The summed E-state index contributed by atoms with van der Waals surface area (Å²) in [6.07, 6.45) is 1.01. The Morgan fingerprint density at radius 3 is 2.63 bits per heavy atom. The first-order valence-corrected chi connectivity index (χ1v) is 6.38. The first-order valence-electron chi connectivity index (χ1n) is 6.38. The molecule has 1 aromatic rings. The molecule has 0 bridgehead atoms. The third kappa shape index (κ3) is 3.98. The highest BCUT2D eigenvalue weighted by molar-refractivity contribution is 6.01. The summed E-state index contributed by atoms with van der Waals surface area (Å²) in [5.74, 6) is 0.251. The fourth-order valence-electron chi connectivity index (χ4n) is 1.66. The normalized spacial score (nSPS) is 14.8. The Morgan fingerprint density at radius 2 is 2.05 bits per heavy atom. The molecule has 0 spiro atoms. The molecule has 2 atom stereocenters. The standard InChI is InChI=1S/C14H21N3O2/c1-4-9(2)10(3)16-14(18)12-7-5-6-11(8-12)13(15)17-19/h5-10,19H,4H2,1-3H3,(H2,15,17)(H,16,18). The second-order valence-corrected chi connectivity index (χ2v) is 4.71. The van der Waals surface area contributed by atoms with E-state index in [1.807, 2.05) is 6.92 Å². The number of benzene rings is 1. The first-order chi connectivity index (χ1) is 8.99. The third-order valence-corrected chi connectivity index (χ3v) is 3.38. The fraction of sp³-hybridized carbons (Fsp3) is 0.429. The highest BCUT2D eigenvalue weighted by Crippen LogP contribution is 2.09. The smallest absolute Gasteiger partial charge is 0.251 e. The van der Waals surface area contributed by atoms with Crippen LogP contribution in [-0.4, -0.2) is 23.0 Å². The zero-order valence-electron chi connectivity index (χ0n) is 11.6. The molecule has 0 aliphatic rings. The van der Waals surface area contributed by atoms with E-state index in [9.17, 15) is 4.79 Å². The minimum absolute atomic E-state index is 0.00961. The summed E-state index contributed by atoms with van der Waals surface area (Å²) in [7, 11) is 0. The van der Waals surface area contributed by atoms with Crippen LogP contribution in [-0.2, 0) is 0 Å². The molecular formula is C14H21N3O2. The van der Waals surface area contributed by atoms with Crippen molar-refractivity contribution in [1.82, 2.24) is 5.32 Å². The maximum absolute atomic E-state index is 12.1. The molecule has 0 saturated heterocycles. The van der Waals surface area contributed by atoms with E-state index in [2.05, 4.69) is 24.3 Å². The Hall–Kier alpha value is -2.04. The van der Waals surface area contributed by atoms with Gasteiger partial charge < -0.3 is 16.3 Å². The molecule has 104 valence electrons. The van der Waals surface area contributed by atoms with Crippen molar-refractivity contribution in [2.75, 3.05) is 0 Å². The fourth-order valence-corrected chi connectivity index (χ4v) is 1.66. The van der Waals surface area contributed by atoms with Crippen LogP contribution in [0.2, 0.25) is 0 Å². The third-order valence-electron chi connectivity index (χ3n) is 3.38. The number of carbonyl (C=O) groups is 1. The molecule has 5 nitrogen and oxygen atoms in total. The van der Waals surface area contributed by atoms with E-state index >= 15 is 0 Å². The molecule has 1 amide bonds. The van der Waals surface area contributed by atoms with E-state index in [1.165, 1.54) is 0 Å². The van der Waals surface area contributed by atoms with Crippen molar-refractivity contribution in [3.63, 3.8) is 0 Å². The van der Waals surface area contributed by atoms with Crippen molar-refractivity contribution < 1.29 is 10.0 Å². The molecule has 0 aromatic heterocycles. The molecule has 1 rings (SSSR count). The van der Waals surface area contributed by atoms with Gasteiger partial charge in [0.05, 0.1) is 0 Å². The number of carbonyl (C=O) groups excluding carboxylic acids is 1. The second-order valence-electron chi connectivity index (χ2n) is 4.71. The van der Waals surface area contributed by atoms with Gasteiger partial charge >= 0.3 is 0 Å². The lowest BCUT2D eigenvalue weighted by Gasteiger charge is -2.20. The zero-order valence-corrected chi connectivity index (χ0v) is 11.6. The molecule has 2 unspecified atom stereocenters. The molecule has 0 saturated carbocycles. The molecule has 0 radical (unpaired) electrons. The van der Waals surface area contributed by atoms with Gasteiger partial charge in [-0.15, -0.1) is 0 Å². The van der Waals surface area contributed by atoms with Gasteiger partial charge in [0.25, 0.3) is 5.91 Å². The Kier molecular flexibility index (Phi) is 5.36. The summed E-state index contributed by atoms with van der Waals surface area (Å²) in [4.78, 5) is 12.1. The number of hydrogen-bond donors (Lipinski definition) is 3. The van der Waals surface area contributed by atoms with E-state index in [-0.39, 0.29) is 17.8 Å². The zero-order chi connectivity index (χ0) is 14.4. The molecule has 1 aromatic carbocycles. The molecule has 0 aliphatic heterocycles. The number of hydrogen-bond acceptors (Lipinski definition) is 3. The number of rotatable bonds is 5. The van der Waals surface area contributed by atoms with Gasteiger partial charge in [0.2, 0.25) is 0 Å². The number of oxime groups is 1. The van der Waals surface area contributed by atoms with Gasteiger partial charge in [-0.25, -0.2) is 0 Å². The average Bonchev–Trinajstić information content (AvgIpc) is 2.45. The lowest BCUT2D eigenvalue weighted by atomic mass is 10.0.